The number of amides is 1. The Bertz CT molecular complexity index is 1130. The SMILES string of the molecule is C/C=C/CC/C=C/CC/C=C/C(O)C(COP(=O)(O)OCC[N+](C)(C)C)NC(=O)CCCCCCCCCCCCC/C=C\C/C=C\CCCCCCCCCCC. The molecular weight excluding hydrogens is 744 g/mol. The first-order valence-corrected chi connectivity index (χ1v) is 25.1. The van der Waals surface area contributed by atoms with Crippen molar-refractivity contribution < 1.29 is 32.9 Å². The largest absolute Gasteiger partial charge is 0.472 e. The highest BCUT2D eigenvalue weighted by Crippen LogP contribution is 2.43. The number of hydrogen-bond acceptors (Lipinski definition) is 5. The van der Waals surface area contributed by atoms with E-state index in [1.54, 1.807) is 6.08 Å². The van der Waals surface area contributed by atoms with Crippen LogP contribution >= 0.6 is 7.82 Å². The van der Waals surface area contributed by atoms with Crippen LogP contribution in [0.2, 0.25) is 0 Å². The quantitative estimate of drug-likeness (QED) is 0.0245. The second-order valence-electron chi connectivity index (χ2n) is 17.1. The number of phosphoric ester groups is 1. The number of nitrogens with zero attached hydrogens (tertiary/aromatic N) is 1. The van der Waals surface area contributed by atoms with Gasteiger partial charge in [-0.1, -0.05) is 177 Å². The molecular formula is C49H92N2O6P+. The Balaban J connectivity index is 4.14. The molecule has 1 amide bonds. The lowest BCUT2D eigenvalue weighted by Crippen LogP contribution is -2.45. The smallest absolute Gasteiger partial charge is 0.387 e. The third kappa shape index (κ3) is 42.3. The Hall–Kier alpha value is -1.80. The minimum atomic E-state index is -4.35. The molecule has 3 unspecified atom stereocenters. The summed E-state index contributed by atoms with van der Waals surface area (Å²) < 4.78 is 23.5. The molecule has 338 valence electrons. The summed E-state index contributed by atoms with van der Waals surface area (Å²) in [6.45, 7) is 4.54. The number of carbonyl (C=O) groups is 1. The molecule has 9 heteroatoms. The summed E-state index contributed by atoms with van der Waals surface area (Å²) in [6.07, 6.45) is 53.4. The number of likely N-dealkylation sites (N-methyl/N-ethyl adjacent to an activating group) is 1. The Morgan fingerprint density at radius 2 is 1.07 bits per heavy atom. The molecule has 0 aromatic carbocycles. The molecule has 0 spiro atoms. The lowest BCUT2D eigenvalue weighted by atomic mass is 10.0. The number of aliphatic hydroxyl groups is 1. The van der Waals surface area contributed by atoms with Gasteiger partial charge >= 0.3 is 7.82 Å². The average molecular weight is 836 g/mol. The summed E-state index contributed by atoms with van der Waals surface area (Å²) in [4.78, 5) is 23.1. The monoisotopic (exact) mass is 836 g/mol. The highest BCUT2D eigenvalue weighted by atomic mass is 31.2. The van der Waals surface area contributed by atoms with E-state index >= 15 is 0 Å². The lowest BCUT2D eigenvalue weighted by Gasteiger charge is -2.25. The summed E-state index contributed by atoms with van der Waals surface area (Å²) in [5.74, 6) is -0.198. The molecule has 0 aliphatic carbocycles. The van der Waals surface area contributed by atoms with Crippen LogP contribution < -0.4 is 5.32 Å². The molecule has 58 heavy (non-hydrogen) atoms. The van der Waals surface area contributed by atoms with E-state index in [1.807, 2.05) is 40.2 Å². The molecule has 3 N–H and O–H groups in total. The van der Waals surface area contributed by atoms with Gasteiger partial charge in [0.1, 0.15) is 13.2 Å². The van der Waals surface area contributed by atoms with Crippen molar-refractivity contribution in [3.8, 4) is 0 Å². The second-order valence-corrected chi connectivity index (χ2v) is 18.6. The Labute approximate surface area is 358 Å². The van der Waals surface area contributed by atoms with Crippen molar-refractivity contribution in [1.29, 1.82) is 0 Å². The van der Waals surface area contributed by atoms with Crippen LogP contribution in [0.4, 0.5) is 0 Å². The van der Waals surface area contributed by atoms with E-state index in [9.17, 15) is 19.4 Å². The molecule has 0 heterocycles. The second kappa shape index (κ2) is 40.6. The number of quaternary nitrogens is 1. The first kappa shape index (κ1) is 56.2. The van der Waals surface area contributed by atoms with E-state index in [2.05, 4.69) is 54.8 Å². The van der Waals surface area contributed by atoms with Gasteiger partial charge in [0.2, 0.25) is 5.91 Å². The number of unbranched alkanes of at least 4 members (excludes halogenated alkanes) is 22. The van der Waals surface area contributed by atoms with E-state index in [1.165, 1.54) is 122 Å². The Kier molecular flexibility index (Phi) is 39.3. The van der Waals surface area contributed by atoms with E-state index < -0.39 is 20.0 Å². The van der Waals surface area contributed by atoms with E-state index in [4.69, 9.17) is 9.05 Å². The van der Waals surface area contributed by atoms with Gasteiger partial charge in [0.15, 0.2) is 0 Å². The molecule has 0 saturated heterocycles. The molecule has 0 radical (unpaired) electrons. The number of allylic oxidation sites excluding steroid dienone is 9. The molecule has 8 nitrogen and oxygen atoms in total. The van der Waals surface area contributed by atoms with Crippen LogP contribution in [0.25, 0.3) is 0 Å². The van der Waals surface area contributed by atoms with E-state index in [0.29, 0.717) is 17.4 Å². The van der Waals surface area contributed by atoms with Gasteiger partial charge in [0.25, 0.3) is 0 Å². The molecule has 0 rings (SSSR count). The summed E-state index contributed by atoms with van der Waals surface area (Å²) in [5.41, 5.74) is 0. The number of nitrogens with one attached hydrogen (secondary N) is 1. The summed E-state index contributed by atoms with van der Waals surface area (Å²) in [5, 5.41) is 13.7. The fraction of sp³-hybridized carbons (Fsp3) is 0.776. The maximum atomic E-state index is 12.8. The maximum absolute atomic E-state index is 12.8. The van der Waals surface area contributed by atoms with Crippen molar-refractivity contribution in [2.75, 3.05) is 40.9 Å². The molecule has 0 aromatic heterocycles. The third-order valence-electron chi connectivity index (χ3n) is 10.3. The van der Waals surface area contributed by atoms with Crippen molar-refractivity contribution >= 4 is 13.7 Å². The first-order chi connectivity index (χ1) is 28.0. The predicted octanol–water partition coefficient (Wildman–Crippen LogP) is 13.4. The fourth-order valence-electron chi connectivity index (χ4n) is 6.52. The number of hydrogen-bond donors (Lipinski definition) is 3. The number of carbonyl (C=O) groups excluding carboxylic acids is 1. The molecule has 0 aromatic rings. The highest BCUT2D eigenvalue weighted by molar-refractivity contribution is 7.47. The topological polar surface area (TPSA) is 105 Å². The van der Waals surface area contributed by atoms with Gasteiger partial charge in [0, 0.05) is 6.42 Å². The molecule has 0 saturated carbocycles. The molecule has 0 aliphatic rings. The van der Waals surface area contributed by atoms with Gasteiger partial charge in [-0.3, -0.25) is 13.8 Å². The Morgan fingerprint density at radius 3 is 1.57 bits per heavy atom. The van der Waals surface area contributed by atoms with Gasteiger partial charge in [-0.2, -0.15) is 0 Å². The zero-order chi connectivity index (χ0) is 42.8. The normalized spacial score (nSPS) is 14.8. The number of phosphoric acid groups is 1. The van der Waals surface area contributed by atoms with Crippen LogP contribution in [0.3, 0.4) is 0 Å². The molecule has 3 atom stereocenters. The lowest BCUT2D eigenvalue weighted by molar-refractivity contribution is -0.870. The summed E-state index contributed by atoms with van der Waals surface area (Å²) in [6, 6.07) is -0.870. The zero-order valence-corrected chi connectivity index (χ0v) is 39.2. The van der Waals surface area contributed by atoms with Crippen molar-refractivity contribution in [2.45, 2.75) is 206 Å². The molecule has 0 fully saturated rings. The van der Waals surface area contributed by atoms with E-state index in [0.717, 1.165) is 51.4 Å². The molecule has 0 aliphatic heterocycles. The van der Waals surface area contributed by atoms with Gasteiger partial charge in [-0.05, 0) is 71.1 Å². The summed E-state index contributed by atoms with van der Waals surface area (Å²) in [7, 11) is 1.53. The van der Waals surface area contributed by atoms with Gasteiger partial charge in [-0.15, -0.1) is 0 Å². The average Bonchev–Trinajstić information content (AvgIpc) is 3.17. The van der Waals surface area contributed by atoms with Crippen LogP contribution in [0.15, 0.2) is 60.8 Å². The highest BCUT2D eigenvalue weighted by Gasteiger charge is 2.27. The van der Waals surface area contributed by atoms with E-state index in [-0.39, 0.29) is 19.1 Å². The minimum Gasteiger partial charge on any atom is -0.387 e. The number of aliphatic hydroxyl groups excluding tert-OH is 1. The van der Waals surface area contributed by atoms with Crippen LogP contribution in [-0.4, -0.2) is 73.4 Å². The van der Waals surface area contributed by atoms with Crippen LogP contribution in [-0.2, 0) is 18.4 Å². The number of rotatable bonds is 42. The predicted molar refractivity (Wildman–Crippen MR) is 249 cm³/mol. The Morgan fingerprint density at radius 1 is 0.621 bits per heavy atom. The van der Waals surface area contributed by atoms with Crippen molar-refractivity contribution in [3.63, 3.8) is 0 Å². The van der Waals surface area contributed by atoms with Crippen LogP contribution in [0.5, 0.6) is 0 Å². The van der Waals surface area contributed by atoms with Crippen molar-refractivity contribution in [3.05, 3.63) is 60.8 Å². The first-order valence-electron chi connectivity index (χ1n) is 23.6. The third-order valence-corrected chi connectivity index (χ3v) is 11.3. The van der Waals surface area contributed by atoms with Gasteiger partial charge in [0.05, 0.1) is 39.9 Å². The fourth-order valence-corrected chi connectivity index (χ4v) is 7.26. The van der Waals surface area contributed by atoms with Crippen molar-refractivity contribution in [1.82, 2.24) is 5.32 Å². The van der Waals surface area contributed by atoms with Crippen LogP contribution in [0, 0.1) is 0 Å². The van der Waals surface area contributed by atoms with Crippen molar-refractivity contribution in [2.24, 2.45) is 0 Å². The zero-order valence-electron chi connectivity index (χ0n) is 38.3. The summed E-state index contributed by atoms with van der Waals surface area (Å²) >= 11 is 0. The van der Waals surface area contributed by atoms with Gasteiger partial charge in [-0.25, -0.2) is 4.57 Å². The van der Waals surface area contributed by atoms with Crippen LogP contribution in [0.1, 0.15) is 194 Å². The minimum absolute atomic E-state index is 0.0507. The standard InChI is InChI=1S/C49H91N2O6P/c1-6-8-10-12-14-16-17-18-19-20-21-22-23-24-25-26-27-28-29-30-31-32-33-35-37-39-41-43-49(53)50-47(46-57-58(54,55)56-45-44-51(3,4)5)48(52)42-40-38-36-34-15-13-11-9-7-2/h7,9,15,21-22,24-25,34,40,42,47-48,52H,6,8,10-14,16-20,23,26-33,35-39,41,43-46H2,1-5H3,(H-,50,53,54,55)/p+1/b9-7+,22-21-,25-24-,34-15+,42-40+. The molecule has 0 bridgehead atoms. The maximum Gasteiger partial charge on any atom is 0.472 e. The van der Waals surface area contributed by atoms with Gasteiger partial charge < -0.3 is 19.8 Å².